The smallest absolute Gasteiger partial charge is 0.220 e. The molecule has 44 heavy (non-hydrogen) atoms. The third-order valence-electron chi connectivity index (χ3n) is 7.17. The minimum Gasteiger partial charge on any atom is -0.481 e. The maximum Gasteiger partial charge on any atom is 0.220 e. The second-order valence-electron chi connectivity index (χ2n) is 10.1. The van der Waals surface area contributed by atoms with Gasteiger partial charge in [0.15, 0.2) is 17.5 Å². The molecule has 0 aliphatic carbocycles. The van der Waals surface area contributed by atoms with Crippen LogP contribution in [0.15, 0.2) is 54.9 Å². The Balaban J connectivity index is 1.37. The number of rotatable bonds is 13. The molecule has 13 heteroatoms. The SMILES string of the molecule is COc1nc(-c2ccnc(-c3cccc(Nc4nccc(CNCCO)c4F)c3F)c2Cl)ccc1CNC[C@H]1CCC(=O)N1. The molecule has 10 nitrogen and oxygen atoms in total. The zero-order chi connectivity index (χ0) is 31.1. The number of anilines is 2. The predicted molar refractivity (Wildman–Crippen MR) is 164 cm³/mol. The molecule has 4 aromatic rings. The van der Waals surface area contributed by atoms with E-state index in [9.17, 15) is 4.79 Å². The van der Waals surface area contributed by atoms with Crippen LogP contribution in [-0.4, -0.2) is 58.8 Å². The number of nitrogens with one attached hydrogen (secondary N) is 4. The van der Waals surface area contributed by atoms with Crippen LogP contribution in [0, 0.1) is 11.6 Å². The summed E-state index contributed by atoms with van der Waals surface area (Å²) in [6, 6.07) is 11.6. The van der Waals surface area contributed by atoms with Gasteiger partial charge in [0.25, 0.3) is 0 Å². The summed E-state index contributed by atoms with van der Waals surface area (Å²) in [7, 11) is 1.53. The molecule has 0 spiro atoms. The Kier molecular flexibility index (Phi) is 10.3. The molecule has 0 saturated carbocycles. The van der Waals surface area contributed by atoms with Gasteiger partial charge in [-0.3, -0.25) is 9.78 Å². The van der Waals surface area contributed by atoms with Gasteiger partial charge in [-0.15, -0.1) is 0 Å². The molecule has 5 rings (SSSR count). The highest BCUT2D eigenvalue weighted by molar-refractivity contribution is 6.35. The summed E-state index contributed by atoms with van der Waals surface area (Å²) in [6.45, 7) is 1.52. The molecule has 1 amide bonds. The van der Waals surface area contributed by atoms with Gasteiger partial charge in [-0.25, -0.2) is 18.7 Å². The van der Waals surface area contributed by atoms with Crippen LogP contribution < -0.4 is 26.0 Å². The van der Waals surface area contributed by atoms with Gasteiger partial charge in [-0.05, 0) is 36.8 Å². The number of aromatic nitrogens is 3. The molecule has 0 bridgehead atoms. The molecule has 0 radical (unpaired) electrons. The van der Waals surface area contributed by atoms with Crippen LogP contribution in [-0.2, 0) is 17.9 Å². The van der Waals surface area contributed by atoms with Crippen molar-refractivity contribution in [2.24, 2.45) is 0 Å². The molecule has 1 aromatic carbocycles. The maximum absolute atomic E-state index is 15.8. The number of halogens is 3. The van der Waals surface area contributed by atoms with E-state index >= 15 is 8.78 Å². The summed E-state index contributed by atoms with van der Waals surface area (Å²) >= 11 is 6.80. The highest BCUT2D eigenvalue weighted by Crippen LogP contribution is 2.38. The van der Waals surface area contributed by atoms with Gasteiger partial charge < -0.3 is 31.1 Å². The highest BCUT2D eigenvalue weighted by atomic mass is 35.5. The normalized spacial score (nSPS) is 14.5. The fourth-order valence-electron chi connectivity index (χ4n) is 4.92. The van der Waals surface area contributed by atoms with Crippen LogP contribution in [0.5, 0.6) is 5.88 Å². The van der Waals surface area contributed by atoms with E-state index < -0.39 is 11.6 Å². The molecule has 5 N–H and O–H groups in total. The zero-order valence-electron chi connectivity index (χ0n) is 24.0. The van der Waals surface area contributed by atoms with Crippen LogP contribution in [0.25, 0.3) is 22.5 Å². The third kappa shape index (κ3) is 7.11. The molecule has 0 unspecified atom stereocenters. The second-order valence-corrected chi connectivity index (χ2v) is 10.5. The summed E-state index contributed by atoms with van der Waals surface area (Å²) < 4.78 is 36.5. The molecular weight excluding hydrogens is 592 g/mol. The molecular formula is C31H32ClF2N7O3. The number of hydrogen-bond donors (Lipinski definition) is 5. The fraction of sp³-hybridized carbons (Fsp3) is 0.290. The van der Waals surface area contributed by atoms with Gasteiger partial charge >= 0.3 is 0 Å². The number of methoxy groups -OCH3 is 1. The average Bonchev–Trinajstić information content (AvgIpc) is 3.45. The van der Waals surface area contributed by atoms with Crippen LogP contribution in [0.2, 0.25) is 5.02 Å². The van der Waals surface area contributed by atoms with Crippen LogP contribution in [0.1, 0.15) is 24.0 Å². The van der Waals surface area contributed by atoms with Gasteiger partial charge in [-0.2, -0.15) is 0 Å². The Labute approximate surface area is 258 Å². The number of hydrogen-bond acceptors (Lipinski definition) is 9. The number of aliphatic hydroxyl groups is 1. The Morgan fingerprint density at radius 1 is 1.02 bits per heavy atom. The van der Waals surface area contributed by atoms with E-state index in [-0.39, 0.29) is 52.9 Å². The Morgan fingerprint density at radius 2 is 1.84 bits per heavy atom. The minimum absolute atomic E-state index is 0.00791. The quantitative estimate of drug-likeness (QED) is 0.138. The van der Waals surface area contributed by atoms with E-state index in [1.165, 1.54) is 37.7 Å². The van der Waals surface area contributed by atoms with Crippen molar-refractivity contribution < 1.29 is 23.4 Å². The lowest BCUT2D eigenvalue weighted by molar-refractivity contribution is -0.119. The summed E-state index contributed by atoms with van der Waals surface area (Å²) in [4.78, 5) is 24.5. The van der Waals surface area contributed by atoms with Crippen LogP contribution >= 0.6 is 11.6 Å². The van der Waals surface area contributed by atoms with Crippen molar-refractivity contribution in [2.75, 3.05) is 32.1 Å². The van der Waals surface area contributed by atoms with Crippen molar-refractivity contribution in [1.29, 1.82) is 0 Å². The summed E-state index contributed by atoms with van der Waals surface area (Å²) in [6.07, 6.45) is 4.27. The van der Waals surface area contributed by atoms with Gasteiger partial charge in [0, 0.05) is 73.3 Å². The van der Waals surface area contributed by atoms with Crippen LogP contribution in [0.3, 0.4) is 0 Å². The first-order valence-corrected chi connectivity index (χ1v) is 14.5. The molecule has 1 saturated heterocycles. The van der Waals surface area contributed by atoms with E-state index in [1.807, 2.05) is 6.07 Å². The van der Waals surface area contributed by atoms with Crippen molar-refractivity contribution >= 4 is 29.0 Å². The van der Waals surface area contributed by atoms with E-state index in [1.54, 1.807) is 18.2 Å². The number of nitrogens with zero attached hydrogens (tertiary/aromatic N) is 3. The molecule has 1 aliphatic rings. The Morgan fingerprint density at radius 3 is 2.61 bits per heavy atom. The first-order valence-electron chi connectivity index (χ1n) is 14.1. The zero-order valence-corrected chi connectivity index (χ0v) is 24.7. The second kappa shape index (κ2) is 14.5. The number of aliphatic hydroxyl groups excluding tert-OH is 1. The number of benzene rings is 1. The number of amides is 1. The standard InChI is InChI=1S/C31H32ClF2N7O3/c1-44-31-19(16-36-17-20-6-8-25(43)39-20)5-7-23(41-31)21-10-12-37-29(26(21)32)22-3-2-4-24(28(22)34)40-30-27(33)18(9-11-38-30)15-35-13-14-42/h2-5,7,9-12,20,35-36,42H,6,8,13-17H2,1H3,(H,38,40)(H,39,43)/t20-/m1/s1. The maximum atomic E-state index is 15.8. The molecule has 1 atom stereocenters. The number of carbonyl (C=O) groups excluding carboxylic acids is 1. The Bertz CT molecular complexity index is 1640. The van der Waals surface area contributed by atoms with Gasteiger partial charge in [0.2, 0.25) is 11.8 Å². The highest BCUT2D eigenvalue weighted by Gasteiger charge is 2.21. The predicted octanol–water partition coefficient (Wildman–Crippen LogP) is 4.34. The van der Waals surface area contributed by atoms with Crippen LogP contribution in [0.4, 0.5) is 20.3 Å². The van der Waals surface area contributed by atoms with Gasteiger partial charge in [-0.1, -0.05) is 23.7 Å². The first-order chi connectivity index (χ1) is 21.4. The number of carbonyl (C=O) groups is 1. The number of ether oxygens (including phenoxy) is 1. The fourth-order valence-corrected chi connectivity index (χ4v) is 5.23. The average molecular weight is 624 g/mol. The largest absolute Gasteiger partial charge is 0.481 e. The summed E-state index contributed by atoms with van der Waals surface area (Å²) in [5.74, 6) is -0.993. The molecule has 3 aromatic heterocycles. The molecule has 230 valence electrons. The van der Waals surface area contributed by atoms with E-state index in [4.69, 9.17) is 21.4 Å². The van der Waals surface area contributed by atoms with E-state index in [2.05, 4.69) is 36.2 Å². The lowest BCUT2D eigenvalue weighted by Gasteiger charge is -2.15. The third-order valence-corrected chi connectivity index (χ3v) is 7.55. The molecule has 4 heterocycles. The Hall–Kier alpha value is -4.23. The number of pyridine rings is 3. The topological polar surface area (TPSA) is 133 Å². The van der Waals surface area contributed by atoms with E-state index in [0.717, 1.165) is 12.0 Å². The monoisotopic (exact) mass is 623 g/mol. The van der Waals surface area contributed by atoms with Crippen molar-refractivity contribution in [3.8, 4) is 28.4 Å². The van der Waals surface area contributed by atoms with Gasteiger partial charge in [0.1, 0.15) is 0 Å². The summed E-state index contributed by atoms with van der Waals surface area (Å²) in [5.41, 5.74) is 2.46. The minimum atomic E-state index is -0.686. The van der Waals surface area contributed by atoms with Crippen molar-refractivity contribution in [3.63, 3.8) is 0 Å². The first kappa shape index (κ1) is 31.2. The lowest BCUT2D eigenvalue weighted by Crippen LogP contribution is -2.35. The van der Waals surface area contributed by atoms with Crippen molar-refractivity contribution in [2.45, 2.75) is 32.0 Å². The molecule has 1 fully saturated rings. The van der Waals surface area contributed by atoms with Crippen molar-refractivity contribution in [3.05, 3.63) is 82.6 Å². The lowest BCUT2D eigenvalue weighted by atomic mass is 10.0. The summed E-state index contributed by atoms with van der Waals surface area (Å²) in [5, 5.41) is 21.0. The molecule has 1 aliphatic heterocycles. The van der Waals surface area contributed by atoms with Gasteiger partial charge in [0.05, 0.1) is 35.8 Å². The van der Waals surface area contributed by atoms with E-state index in [0.29, 0.717) is 48.8 Å². The van der Waals surface area contributed by atoms with Crippen molar-refractivity contribution in [1.82, 2.24) is 30.9 Å².